The molecule has 0 amide bonds. The van der Waals surface area contributed by atoms with E-state index in [1.165, 1.54) is 0 Å². The van der Waals surface area contributed by atoms with Gasteiger partial charge in [0.2, 0.25) is 0 Å². The van der Waals surface area contributed by atoms with E-state index >= 15 is 0 Å². The molecule has 1 aromatic rings. The molecule has 1 unspecified atom stereocenters. The van der Waals surface area contributed by atoms with Crippen molar-refractivity contribution in [3.05, 3.63) is 29.6 Å². The summed E-state index contributed by atoms with van der Waals surface area (Å²) in [6.45, 7) is 6.81. The molecule has 0 aliphatic carbocycles. The van der Waals surface area contributed by atoms with E-state index in [2.05, 4.69) is 23.6 Å². The highest BCUT2D eigenvalue weighted by atomic mass is 19.1. The van der Waals surface area contributed by atoms with Crippen molar-refractivity contribution in [3.8, 4) is 0 Å². The molecule has 1 aromatic carbocycles. The van der Waals surface area contributed by atoms with Gasteiger partial charge in [-0.15, -0.1) is 0 Å². The molecule has 0 saturated heterocycles. The van der Waals surface area contributed by atoms with Crippen molar-refractivity contribution in [2.75, 3.05) is 38.6 Å². The van der Waals surface area contributed by atoms with Crippen LogP contribution in [-0.2, 0) is 6.42 Å². The van der Waals surface area contributed by atoms with Gasteiger partial charge in [-0.2, -0.15) is 0 Å². The number of hydrogen-bond acceptors (Lipinski definition) is 3. The summed E-state index contributed by atoms with van der Waals surface area (Å²) in [5.41, 5.74) is 7.63. The minimum atomic E-state index is -0.136. The van der Waals surface area contributed by atoms with Crippen LogP contribution < -0.4 is 10.6 Å². The van der Waals surface area contributed by atoms with Gasteiger partial charge in [0.1, 0.15) is 5.82 Å². The fourth-order valence-corrected chi connectivity index (χ4v) is 2.32. The normalized spacial score (nSPS) is 12.7. The van der Waals surface area contributed by atoms with E-state index in [-0.39, 0.29) is 11.9 Å². The van der Waals surface area contributed by atoms with Crippen LogP contribution in [-0.4, -0.2) is 44.7 Å². The molecule has 2 N–H and O–H groups in total. The maximum absolute atomic E-state index is 14.4. The molecule has 1 rings (SSSR count). The van der Waals surface area contributed by atoms with Gasteiger partial charge in [-0.3, -0.25) is 0 Å². The molecule has 0 saturated carbocycles. The molecular weight excluding hydrogens is 265 g/mol. The van der Waals surface area contributed by atoms with Crippen LogP contribution in [0, 0.1) is 5.82 Å². The molecule has 4 heteroatoms. The maximum atomic E-state index is 14.4. The summed E-state index contributed by atoms with van der Waals surface area (Å²) in [6.07, 6.45) is 2.66. The number of halogens is 1. The minimum Gasteiger partial charge on any atom is -0.368 e. The van der Waals surface area contributed by atoms with Gasteiger partial charge in [0.05, 0.1) is 5.69 Å². The molecule has 21 heavy (non-hydrogen) atoms. The van der Waals surface area contributed by atoms with Crippen molar-refractivity contribution in [1.29, 1.82) is 0 Å². The first kappa shape index (κ1) is 17.9. The number of hydrogen-bond donors (Lipinski definition) is 1. The standard InChI is InChI=1S/C17H30FN3/c1-5-9-21(11-10-20(3)4)17-8-7-14(13-16(17)18)12-15(19)6-2/h7-8,13,15H,5-6,9-12,19H2,1-4H3. The highest BCUT2D eigenvalue weighted by Crippen LogP contribution is 2.21. The third-order valence-corrected chi connectivity index (χ3v) is 3.69. The topological polar surface area (TPSA) is 32.5 Å². The zero-order valence-electron chi connectivity index (χ0n) is 13.9. The molecule has 3 nitrogen and oxygen atoms in total. The van der Waals surface area contributed by atoms with Crippen molar-refractivity contribution in [3.63, 3.8) is 0 Å². The second-order valence-electron chi connectivity index (χ2n) is 5.95. The number of anilines is 1. The first-order chi connectivity index (χ1) is 9.97. The lowest BCUT2D eigenvalue weighted by molar-refractivity contribution is 0.412. The molecule has 120 valence electrons. The van der Waals surface area contributed by atoms with Crippen LogP contribution in [0.4, 0.5) is 10.1 Å². The fourth-order valence-electron chi connectivity index (χ4n) is 2.32. The summed E-state index contributed by atoms with van der Waals surface area (Å²) >= 11 is 0. The van der Waals surface area contributed by atoms with Crippen LogP contribution in [0.2, 0.25) is 0 Å². The lowest BCUT2D eigenvalue weighted by atomic mass is 10.0. The van der Waals surface area contributed by atoms with Gasteiger partial charge in [-0.1, -0.05) is 19.9 Å². The third kappa shape index (κ3) is 6.02. The molecular formula is C17H30FN3. The van der Waals surface area contributed by atoms with Crippen LogP contribution >= 0.6 is 0 Å². The fraction of sp³-hybridized carbons (Fsp3) is 0.647. The van der Waals surface area contributed by atoms with Crippen molar-refractivity contribution >= 4 is 5.69 Å². The van der Waals surface area contributed by atoms with E-state index in [0.717, 1.165) is 44.5 Å². The highest BCUT2D eigenvalue weighted by molar-refractivity contribution is 5.49. The monoisotopic (exact) mass is 295 g/mol. The van der Waals surface area contributed by atoms with Crippen molar-refractivity contribution < 1.29 is 4.39 Å². The number of likely N-dealkylation sites (N-methyl/N-ethyl adjacent to an activating group) is 1. The van der Waals surface area contributed by atoms with Crippen LogP contribution in [0.15, 0.2) is 18.2 Å². The average Bonchev–Trinajstić information content (AvgIpc) is 2.43. The average molecular weight is 295 g/mol. The van der Waals surface area contributed by atoms with E-state index in [0.29, 0.717) is 5.69 Å². The smallest absolute Gasteiger partial charge is 0.146 e. The zero-order chi connectivity index (χ0) is 15.8. The van der Waals surface area contributed by atoms with Gasteiger partial charge in [0.15, 0.2) is 0 Å². The van der Waals surface area contributed by atoms with E-state index in [4.69, 9.17) is 5.73 Å². The summed E-state index contributed by atoms with van der Waals surface area (Å²) in [4.78, 5) is 4.24. The summed E-state index contributed by atoms with van der Waals surface area (Å²) < 4.78 is 14.4. The zero-order valence-corrected chi connectivity index (χ0v) is 13.9. The molecule has 0 aliphatic heterocycles. The molecule has 1 atom stereocenters. The van der Waals surface area contributed by atoms with Crippen LogP contribution in [0.25, 0.3) is 0 Å². The van der Waals surface area contributed by atoms with Gasteiger partial charge in [-0.05, 0) is 51.1 Å². The summed E-state index contributed by atoms with van der Waals surface area (Å²) in [5, 5.41) is 0. The number of rotatable bonds is 9. The largest absolute Gasteiger partial charge is 0.368 e. The Hall–Kier alpha value is -1.13. The first-order valence-electron chi connectivity index (χ1n) is 7.91. The second-order valence-corrected chi connectivity index (χ2v) is 5.95. The summed E-state index contributed by atoms with van der Waals surface area (Å²) in [7, 11) is 4.07. The first-order valence-corrected chi connectivity index (χ1v) is 7.91. The van der Waals surface area contributed by atoms with Gasteiger partial charge in [0, 0.05) is 25.7 Å². The Morgan fingerprint density at radius 1 is 1.14 bits per heavy atom. The summed E-state index contributed by atoms with van der Waals surface area (Å²) in [5.74, 6) is -0.136. The minimum absolute atomic E-state index is 0.107. The number of benzene rings is 1. The van der Waals surface area contributed by atoms with E-state index in [9.17, 15) is 4.39 Å². The number of nitrogens with two attached hydrogens (primary N) is 1. The maximum Gasteiger partial charge on any atom is 0.146 e. The molecule has 0 aromatic heterocycles. The van der Waals surface area contributed by atoms with E-state index in [1.54, 1.807) is 6.07 Å². The van der Waals surface area contributed by atoms with Gasteiger partial charge in [-0.25, -0.2) is 4.39 Å². The second kappa shape index (κ2) is 9.00. The van der Waals surface area contributed by atoms with Crippen LogP contribution in [0.5, 0.6) is 0 Å². The molecule has 0 heterocycles. The lowest BCUT2D eigenvalue weighted by Gasteiger charge is -2.26. The SMILES string of the molecule is CCCN(CCN(C)C)c1ccc(CC(N)CC)cc1F. The molecule has 0 aliphatic rings. The van der Waals surface area contributed by atoms with Crippen LogP contribution in [0.1, 0.15) is 32.3 Å². The van der Waals surface area contributed by atoms with Crippen molar-refractivity contribution in [2.24, 2.45) is 5.73 Å². The van der Waals surface area contributed by atoms with E-state index in [1.807, 2.05) is 26.2 Å². The Morgan fingerprint density at radius 3 is 2.38 bits per heavy atom. The molecule has 0 bridgehead atoms. The molecule has 0 fully saturated rings. The van der Waals surface area contributed by atoms with Crippen molar-refractivity contribution in [2.45, 2.75) is 39.2 Å². The quantitative estimate of drug-likeness (QED) is 0.760. The Kier molecular flexibility index (Phi) is 7.68. The van der Waals surface area contributed by atoms with E-state index < -0.39 is 0 Å². The molecule has 0 radical (unpaired) electrons. The Bertz CT molecular complexity index is 420. The third-order valence-electron chi connectivity index (χ3n) is 3.69. The van der Waals surface area contributed by atoms with Crippen molar-refractivity contribution in [1.82, 2.24) is 4.90 Å². The predicted octanol–water partition coefficient (Wildman–Crippen LogP) is 2.88. The Balaban J connectivity index is 2.83. The van der Waals surface area contributed by atoms with Gasteiger partial charge < -0.3 is 15.5 Å². The van der Waals surface area contributed by atoms with Gasteiger partial charge >= 0.3 is 0 Å². The highest BCUT2D eigenvalue weighted by Gasteiger charge is 2.12. The summed E-state index contributed by atoms with van der Waals surface area (Å²) in [6, 6.07) is 5.66. The van der Waals surface area contributed by atoms with Crippen LogP contribution in [0.3, 0.4) is 0 Å². The predicted molar refractivity (Wildman–Crippen MR) is 89.4 cm³/mol. The molecule has 0 spiro atoms. The van der Waals surface area contributed by atoms with Gasteiger partial charge in [0.25, 0.3) is 0 Å². The lowest BCUT2D eigenvalue weighted by Crippen LogP contribution is -2.33. The Labute approximate surface area is 128 Å². The Morgan fingerprint density at radius 2 is 1.86 bits per heavy atom. The number of nitrogens with zero attached hydrogens (tertiary/aromatic N) is 2.